The first-order chi connectivity index (χ1) is 9.55. The number of hydrogen-bond donors (Lipinski definition) is 3. The van der Waals surface area contributed by atoms with Gasteiger partial charge in [0.1, 0.15) is 10.6 Å². The van der Waals surface area contributed by atoms with Gasteiger partial charge < -0.3 is 10.5 Å². The summed E-state index contributed by atoms with van der Waals surface area (Å²) in [5.74, 6) is 0.00901. The maximum Gasteiger partial charge on any atom is 0.295 e. The zero-order valence-electron chi connectivity index (χ0n) is 10.6. The molecule has 0 aliphatic rings. The summed E-state index contributed by atoms with van der Waals surface area (Å²) in [6.07, 6.45) is 0. The SMILES string of the molecule is COc1cc(S(=O)(=O)O)c2cc(S(=O)(=O)O)ccc2c1N. The molecule has 21 heavy (non-hydrogen) atoms. The van der Waals surface area contributed by atoms with Crippen LogP contribution < -0.4 is 10.5 Å². The lowest BCUT2D eigenvalue weighted by Gasteiger charge is -2.12. The van der Waals surface area contributed by atoms with E-state index >= 15 is 0 Å². The van der Waals surface area contributed by atoms with Crippen molar-refractivity contribution in [1.82, 2.24) is 0 Å². The molecule has 0 heterocycles. The number of fused-ring (bicyclic) bond motifs is 1. The van der Waals surface area contributed by atoms with Gasteiger partial charge in [-0.25, -0.2) is 0 Å². The molecule has 4 N–H and O–H groups in total. The molecule has 0 aliphatic heterocycles. The number of anilines is 1. The normalized spacial score (nSPS) is 12.5. The topological polar surface area (TPSA) is 144 Å². The molecule has 0 radical (unpaired) electrons. The van der Waals surface area contributed by atoms with Gasteiger partial charge in [0.15, 0.2) is 0 Å². The average Bonchev–Trinajstić information content (AvgIpc) is 2.36. The second-order valence-corrected chi connectivity index (χ2v) is 6.96. The summed E-state index contributed by atoms with van der Waals surface area (Å²) in [6.45, 7) is 0. The second-order valence-electron chi connectivity index (χ2n) is 4.15. The van der Waals surface area contributed by atoms with Crippen LogP contribution in [-0.2, 0) is 20.2 Å². The van der Waals surface area contributed by atoms with Gasteiger partial charge in [-0.05, 0) is 12.1 Å². The van der Waals surface area contributed by atoms with Gasteiger partial charge in [-0.1, -0.05) is 6.07 Å². The molecule has 0 spiro atoms. The van der Waals surface area contributed by atoms with Gasteiger partial charge in [0, 0.05) is 16.8 Å². The van der Waals surface area contributed by atoms with Gasteiger partial charge in [-0.2, -0.15) is 16.8 Å². The fourth-order valence-electron chi connectivity index (χ4n) is 1.91. The van der Waals surface area contributed by atoms with Gasteiger partial charge in [0.2, 0.25) is 0 Å². The van der Waals surface area contributed by atoms with E-state index in [4.69, 9.17) is 15.0 Å². The third-order valence-electron chi connectivity index (χ3n) is 2.87. The van der Waals surface area contributed by atoms with Crippen molar-refractivity contribution in [2.24, 2.45) is 0 Å². The molecule has 0 fully saturated rings. The highest BCUT2D eigenvalue weighted by molar-refractivity contribution is 7.86. The van der Waals surface area contributed by atoms with Crippen LogP contribution in [-0.4, -0.2) is 33.1 Å². The van der Waals surface area contributed by atoms with Crippen molar-refractivity contribution in [3.63, 3.8) is 0 Å². The van der Waals surface area contributed by atoms with Crippen LogP contribution in [0.15, 0.2) is 34.1 Å². The van der Waals surface area contributed by atoms with Crippen molar-refractivity contribution in [2.45, 2.75) is 9.79 Å². The van der Waals surface area contributed by atoms with E-state index in [2.05, 4.69) is 0 Å². The fraction of sp³-hybridized carbons (Fsp3) is 0.0909. The van der Waals surface area contributed by atoms with Gasteiger partial charge in [0.05, 0.1) is 17.7 Å². The largest absolute Gasteiger partial charge is 0.495 e. The number of ether oxygens (including phenoxy) is 1. The van der Waals surface area contributed by atoms with E-state index in [9.17, 15) is 21.4 Å². The summed E-state index contributed by atoms with van der Waals surface area (Å²) in [4.78, 5) is -1.10. The highest BCUT2D eigenvalue weighted by Crippen LogP contribution is 2.36. The standard InChI is InChI=1S/C11H11NO7S2/c1-19-9-5-10(21(16,17)18)8-4-6(20(13,14)15)2-3-7(8)11(9)12/h2-5H,12H2,1H3,(H,13,14,15)(H,16,17,18). The van der Waals surface area contributed by atoms with Crippen molar-refractivity contribution in [1.29, 1.82) is 0 Å². The summed E-state index contributed by atoms with van der Waals surface area (Å²) < 4.78 is 68.3. The maximum atomic E-state index is 11.4. The molecule has 0 unspecified atom stereocenters. The average molecular weight is 333 g/mol. The first-order valence-corrected chi connectivity index (χ1v) is 8.29. The number of methoxy groups -OCH3 is 1. The number of benzene rings is 2. The zero-order valence-corrected chi connectivity index (χ0v) is 12.3. The van der Waals surface area contributed by atoms with Crippen molar-refractivity contribution in [2.75, 3.05) is 12.8 Å². The minimum atomic E-state index is -4.65. The van der Waals surface area contributed by atoms with E-state index in [1.165, 1.54) is 13.2 Å². The quantitative estimate of drug-likeness (QED) is 0.555. The summed E-state index contributed by atoms with van der Waals surface area (Å²) in [5, 5.41) is 0.0142. The molecule has 0 amide bonds. The summed E-state index contributed by atoms with van der Waals surface area (Å²) in [6, 6.07) is 4.15. The Morgan fingerprint density at radius 1 is 1.00 bits per heavy atom. The second kappa shape index (κ2) is 4.84. The predicted molar refractivity (Wildman–Crippen MR) is 74.5 cm³/mol. The molecule has 0 aromatic heterocycles. The van der Waals surface area contributed by atoms with E-state index in [0.717, 1.165) is 18.2 Å². The molecule has 0 saturated heterocycles. The third-order valence-corrected chi connectivity index (χ3v) is 4.61. The van der Waals surface area contributed by atoms with Crippen LogP contribution in [0.4, 0.5) is 5.69 Å². The first kappa shape index (κ1) is 15.5. The van der Waals surface area contributed by atoms with Crippen LogP contribution >= 0.6 is 0 Å². The van der Waals surface area contributed by atoms with Gasteiger partial charge in [-0.3, -0.25) is 9.11 Å². The van der Waals surface area contributed by atoms with Gasteiger partial charge >= 0.3 is 0 Å². The molecule has 0 aliphatic carbocycles. The first-order valence-electron chi connectivity index (χ1n) is 5.41. The number of hydrogen-bond acceptors (Lipinski definition) is 6. The molecule has 0 bridgehead atoms. The van der Waals surface area contributed by atoms with Crippen LogP contribution in [0.25, 0.3) is 10.8 Å². The molecule has 0 atom stereocenters. The summed E-state index contributed by atoms with van der Waals surface area (Å²) in [7, 11) is -7.92. The lowest BCUT2D eigenvalue weighted by molar-refractivity contribution is 0.415. The van der Waals surface area contributed by atoms with Crippen molar-refractivity contribution >= 4 is 36.7 Å². The maximum absolute atomic E-state index is 11.4. The predicted octanol–water partition coefficient (Wildman–Crippen LogP) is 0.924. The third kappa shape index (κ3) is 2.78. The van der Waals surface area contributed by atoms with Gasteiger partial charge in [0.25, 0.3) is 20.2 Å². The molecular formula is C11H11NO7S2. The van der Waals surface area contributed by atoms with E-state index in [0.29, 0.717) is 0 Å². The number of nitrogen functional groups attached to an aromatic ring is 1. The minimum absolute atomic E-state index is 0.00901. The Labute approximate surface area is 120 Å². The van der Waals surface area contributed by atoms with Crippen molar-refractivity contribution in [3.05, 3.63) is 24.3 Å². The van der Waals surface area contributed by atoms with E-state index in [-0.39, 0.29) is 22.2 Å². The number of rotatable bonds is 3. The van der Waals surface area contributed by atoms with Crippen molar-refractivity contribution < 1.29 is 30.7 Å². The molecule has 2 aromatic carbocycles. The minimum Gasteiger partial charge on any atom is -0.495 e. The lowest BCUT2D eigenvalue weighted by Crippen LogP contribution is -2.04. The Balaban J connectivity index is 3.02. The highest BCUT2D eigenvalue weighted by atomic mass is 32.2. The molecule has 0 saturated carbocycles. The monoisotopic (exact) mass is 333 g/mol. The Morgan fingerprint density at radius 2 is 1.62 bits per heavy atom. The van der Waals surface area contributed by atoms with E-state index in [1.807, 2.05) is 0 Å². The van der Waals surface area contributed by atoms with Crippen LogP contribution in [0.5, 0.6) is 5.75 Å². The number of nitrogens with two attached hydrogens (primary N) is 1. The smallest absolute Gasteiger partial charge is 0.295 e. The van der Waals surface area contributed by atoms with E-state index < -0.39 is 30.0 Å². The van der Waals surface area contributed by atoms with Crippen LogP contribution in [0.1, 0.15) is 0 Å². The Hall–Kier alpha value is -1.88. The van der Waals surface area contributed by atoms with Crippen LogP contribution in [0.3, 0.4) is 0 Å². The lowest BCUT2D eigenvalue weighted by atomic mass is 10.1. The summed E-state index contributed by atoms with van der Waals surface area (Å²) >= 11 is 0. The van der Waals surface area contributed by atoms with Crippen molar-refractivity contribution in [3.8, 4) is 5.75 Å². The molecule has 8 nitrogen and oxygen atoms in total. The van der Waals surface area contributed by atoms with Gasteiger partial charge in [-0.15, -0.1) is 0 Å². The molecular weight excluding hydrogens is 322 g/mol. The summed E-state index contributed by atoms with van der Waals surface area (Å²) in [5.41, 5.74) is 5.86. The molecule has 2 rings (SSSR count). The highest BCUT2D eigenvalue weighted by Gasteiger charge is 2.21. The molecule has 10 heteroatoms. The van der Waals surface area contributed by atoms with Crippen LogP contribution in [0.2, 0.25) is 0 Å². The Kier molecular flexibility index (Phi) is 3.58. The molecule has 114 valence electrons. The van der Waals surface area contributed by atoms with Crippen LogP contribution in [0, 0.1) is 0 Å². The Morgan fingerprint density at radius 3 is 2.10 bits per heavy atom. The van der Waals surface area contributed by atoms with E-state index in [1.54, 1.807) is 0 Å². The Bertz CT molecular complexity index is 933. The zero-order chi connectivity index (χ0) is 16.0. The fourth-order valence-corrected chi connectivity index (χ4v) is 3.12. The molecule has 2 aromatic rings.